The third kappa shape index (κ3) is 5.82. The molecule has 2 rings (SSSR count). The van der Waals surface area contributed by atoms with E-state index in [9.17, 15) is 25.2 Å². The summed E-state index contributed by atoms with van der Waals surface area (Å²) in [6.07, 6.45) is -4.43. The van der Waals surface area contributed by atoms with Gasteiger partial charge in [0.25, 0.3) is 5.91 Å². The van der Waals surface area contributed by atoms with Crippen molar-refractivity contribution in [1.82, 2.24) is 10.7 Å². The van der Waals surface area contributed by atoms with Crippen LogP contribution < -0.4 is 10.7 Å². The lowest BCUT2D eigenvalue weighted by Crippen LogP contribution is -2.46. The normalized spacial score (nSPS) is 20.3. The van der Waals surface area contributed by atoms with Gasteiger partial charge in [-0.25, -0.2) is 10.4 Å². The molecule has 1 amide bonds. The summed E-state index contributed by atoms with van der Waals surface area (Å²) in [7, 11) is 0. The number of amides is 1. The lowest BCUT2D eigenvalue weighted by molar-refractivity contribution is -0.115. The van der Waals surface area contributed by atoms with Crippen LogP contribution in [0.15, 0.2) is 40.1 Å². The second-order valence-electron chi connectivity index (χ2n) is 5.61. The molecule has 4 atom stereocenters. The van der Waals surface area contributed by atoms with Crippen molar-refractivity contribution in [1.29, 1.82) is 0 Å². The van der Waals surface area contributed by atoms with Crippen molar-refractivity contribution in [2.24, 2.45) is 10.1 Å². The molecule has 4 unspecified atom stereocenters. The Morgan fingerprint density at radius 3 is 2.48 bits per heavy atom. The Balaban J connectivity index is 1.96. The van der Waals surface area contributed by atoms with E-state index < -0.39 is 36.9 Å². The maximum atomic E-state index is 11.9. The topological polar surface area (TPSA) is 167 Å². The van der Waals surface area contributed by atoms with Gasteiger partial charge in [0, 0.05) is 5.02 Å². The molecule has 27 heavy (non-hydrogen) atoms. The number of carbonyl (C=O) groups excluding carboxylic acids is 1. The number of hydrogen-bond donors (Lipinski definition) is 7. The Labute approximate surface area is 159 Å². The van der Waals surface area contributed by atoms with Gasteiger partial charge in [0.15, 0.2) is 0 Å². The Kier molecular flexibility index (Phi) is 7.42. The number of aliphatic hydroxyl groups excluding tert-OH is 5. The predicted octanol–water partition coefficient (Wildman–Crippen LogP) is -1.82. The maximum absolute atomic E-state index is 11.9. The van der Waals surface area contributed by atoms with Crippen molar-refractivity contribution >= 4 is 35.8 Å². The zero-order valence-electron chi connectivity index (χ0n) is 13.9. The van der Waals surface area contributed by atoms with E-state index in [2.05, 4.69) is 20.8 Å². The van der Waals surface area contributed by atoms with Crippen LogP contribution in [0.5, 0.6) is 0 Å². The molecule has 0 aromatic heterocycles. The molecule has 11 heteroatoms. The average molecular weight is 399 g/mol. The molecule has 0 spiro atoms. The third-order valence-corrected chi connectivity index (χ3v) is 3.80. The maximum Gasteiger partial charge on any atom is 0.276 e. The smallest absolute Gasteiger partial charge is 0.276 e. The first-order chi connectivity index (χ1) is 12.8. The lowest BCUT2D eigenvalue weighted by atomic mass is 10.0. The first kappa shape index (κ1) is 21.0. The lowest BCUT2D eigenvalue weighted by Gasteiger charge is -2.23. The van der Waals surface area contributed by atoms with Crippen molar-refractivity contribution in [3.8, 4) is 0 Å². The van der Waals surface area contributed by atoms with E-state index in [1.807, 2.05) is 0 Å². The number of halogens is 1. The van der Waals surface area contributed by atoms with Crippen LogP contribution >= 0.6 is 11.6 Å². The summed E-state index contributed by atoms with van der Waals surface area (Å²) in [6, 6.07) is 6.77. The number of benzene rings is 1. The van der Waals surface area contributed by atoms with Gasteiger partial charge in [-0.2, -0.15) is 5.10 Å². The van der Waals surface area contributed by atoms with Gasteiger partial charge in [-0.15, -0.1) is 0 Å². The standard InChI is InChI=1S/C16H19ClN4O6/c17-9-3-1-8(2-4-9)5-10-15(27)20-16(19-10)21-18-6-11(23)13(25)14(26)12(24)7-22/h1-6,11-14,22-26H,7H2,(H2,19,20,21,27)/b10-5-,18-6+. The molecule has 0 aliphatic carbocycles. The monoisotopic (exact) mass is 398 g/mol. The molecule has 1 aromatic carbocycles. The Morgan fingerprint density at radius 1 is 1.19 bits per heavy atom. The average Bonchev–Trinajstić information content (AvgIpc) is 3.00. The van der Waals surface area contributed by atoms with Crippen molar-refractivity contribution in [3.63, 3.8) is 0 Å². The Morgan fingerprint density at radius 2 is 1.85 bits per heavy atom. The van der Waals surface area contributed by atoms with Crippen LogP contribution in [-0.4, -0.2) is 74.6 Å². The Hall–Kier alpha value is -2.34. The summed E-state index contributed by atoms with van der Waals surface area (Å²) in [5, 5.41) is 53.3. The first-order valence-corrected chi connectivity index (χ1v) is 8.19. The highest BCUT2D eigenvalue weighted by Crippen LogP contribution is 2.14. The summed E-state index contributed by atoms with van der Waals surface area (Å²) in [5.74, 6) is -0.473. The van der Waals surface area contributed by atoms with Gasteiger partial charge in [-0.3, -0.25) is 10.1 Å². The van der Waals surface area contributed by atoms with E-state index >= 15 is 0 Å². The van der Waals surface area contributed by atoms with Crippen molar-refractivity contribution in [3.05, 3.63) is 40.5 Å². The fraction of sp³-hybridized carbons (Fsp3) is 0.312. The second-order valence-corrected chi connectivity index (χ2v) is 6.04. The second kappa shape index (κ2) is 9.55. The van der Waals surface area contributed by atoms with E-state index in [1.54, 1.807) is 24.3 Å². The molecule has 0 saturated carbocycles. The van der Waals surface area contributed by atoms with Crippen LogP contribution in [0.2, 0.25) is 5.02 Å². The molecule has 0 bridgehead atoms. The molecule has 0 fully saturated rings. The van der Waals surface area contributed by atoms with Gasteiger partial charge in [0.1, 0.15) is 30.1 Å². The van der Waals surface area contributed by atoms with Gasteiger partial charge in [0.2, 0.25) is 5.96 Å². The third-order valence-electron chi connectivity index (χ3n) is 3.55. The van der Waals surface area contributed by atoms with E-state index in [-0.39, 0.29) is 11.7 Å². The number of hydrazone groups is 1. The van der Waals surface area contributed by atoms with E-state index in [4.69, 9.17) is 16.7 Å². The molecule has 10 nitrogen and oxygen atoms in total. The van der Waals surface area contributed by atoms with Crippen LogP contribution in [-0.2, 0) is 4.79 Å². The molecule has 1 aromatic rings. The number of carbonyl (C=O) groups is 1. The molecule has 0 radical (unpaired) electrons. The number of aliphatic hydroxyl groups is 5. The molecule has 0 saturated heterocycles. The first-order valence-electron chi connectivity index (χ1n) is 7.81. The van der Waals surface area contributed by atoms with Crippen molar-refractivity contribution in [2.75, 3.05) is 6.61 Å². The number of guanidine groups is 1. The molecule has 146 valence electrons. The van der Waals surface area contributed by atoms with Gasteiger partial charge < -0.3 is 25.5 Å². The van der Waals surface area contributed by atoms with E-state index in [0.717, 1.165) is 6.21 Å². The number of rotatable bonds is 7. The minimum Gasteiger partial charge on any atom is -0.394 e. The minimum atomic E-state index is -1.78. The van der Waals surface area contributed by atoms with Crippen molar-refractivity contribution in [2.45, 2.75) is 24.4 Å². The summed E-state index contributed by atoms with van der Waals surface area (Å²) < 4.78 is 0. The Bertz CT molecular complexity index is 752. The highest BCUT2D eigenvalue weighted by molar-refractivity contribution is 6.30. The molecule has 1 aliphatic rings. The summed E-state index contributed by atoms with van der Waals surface area (Å²) in [5.41, 5.74) is 3.20. The molecule has 7 N–H and O–H groups in total. The van der Waals surface area contributed by atoms with E-state index in [0.29, 0.717) is 10.6 Å². The SMILES string of the molecule is O=C1NC(N/N=C/C(O)C(O)C(O)C(O)CO)=N/C1=C\c1ccc(Cl)cc1. The summed E-state index contributed by atoms with van der Waals surface area (Å²) >= 11 is 5.80. The van der Waals surface area contributed by atoms with Crippen LogP contribution in [0.4, 0.5) is 0 Å². The number of hydrogen-bond acceptors (Lipinski definition) is 9. The minimum absolute atomic E-state index is 0.00547. The summed E-state index contributed by atoms with van der Waals surface area (Å²) in [6.45, 7) is -0.786. The molecular weight excluding hydrogens is 380 g/mol. The highest BCUT2D eigenvalue weighted by Gasteiger charge is 2.29. The largest absolute Gasteiger partial charge is 0.394 e. The van der Waals surface area contributed by atoms with Gasteiger partial charge in [0.05, 0.1) is 12.8 Å². The molecule has 1 heterocycles. The highest BCUT2D eigenvalue weighted by atomic mass is 35.5. The molecular formula is C16H19ClN4O6. The zero-order valence-corrected chi connectivity index (χ0v) is 14.7. The van der Waals surface area contributed by atoms with Crippen LogP contribution in [0.3, 0.4) is 0 Å². The van der Waals surface area contributed by atoms with Gasteiger partial charge >= 0.3 is 0 Å². The van der Waals surface area contributed by atoms with Crippen LogP contribution in [0.1, 0.15) is 5.56 Å². The quantitative estimate of drug-likeness (QED) is 0.161. The van der Waals surface area contributed by atoms with Crippen LogP contribution in [0.25, 0.3) is 6.08 Å². The number of aliphatic imine (C=N–C) groups is 1. The van der Waals surface area contributed by atoms with Crippen molar-refractivity contribution < 1.29 is 30.3 Å². The fourth-order valence-corrected chi connectivity index (χ4v) is 2.16. The fourth-order valence-electron chi connectivity index (χ4n) is 2.04. The predicted molar refractivity (Wildman–Crippen MR) is 97.7 cm³/mol. The molecule has 1 aliphatic heterocycles. The number of nitrogens with zero attached hydrogens (tertiary/aromatic N) is 2. The van der Waals surface area contributed by atoms with Gasteiger partial charge in [-0.1, -0.05) is 23.7 Å². The van der Waals surface area contributed by atoms with E-state index in [1.165, 1.54) is 6.08 Å². The number of nitrogens with one attached hydrogen (secondary N) is 2. The van der Waals surface area contributed by atoms with Crippen LogP contribution in [0, 0.1) is 0 Å². The summed E-state index contributed by atoms with van der Waals surface area (Å²) in [4.78, 5) is 15.9. The van der Waals surface area contributed by atoms with Gasteiger partial charge in [-0.05, 0) is 23.8 Å². The zero-order chi connectivity index (χ0) is 20.0.